The Bertz CT molecular complexity index is 1040. The van der Waals surface area contributed by atoms with Crippen molar-refractivity contribution in [1.82, 2.24) is 0 Å². The molecule has 2 aromatic rings. The highest BCUT2D eigenvalue weighted by atomic mass is 35.5. The van der Waals surface area contributed by atoms with E-state index in [4.69, 9.17) is 37.9 Å². The highest BCUT2D eigenvalue weighted by molar-refractivity contribution is 6.43. The van der Waals surface area contributed by atoms with Crippen molar-refractivity contribution in [3.8, 4) is 11.1 Å². The summed E-state index contributed by atoms with van der Waals surface area (Å²) in [5.41, 5.74) is 5.07. The van der Waals surface area contributed by atoms with E-state index in [1.807, 2.05) is 38.4 Å². The monoisotopic (exact) mass is 426 g/mol. The largest absolute Gasteiger partial charge is 0.381 e. The molecule has 1 atom stereocenters. The van der Waals surface area contributed by atoms with E-state index >= 15 is 0 Å². The van der Waals surface area contributed by atoms with E-state index < -0.39 is 5.66 Å². The van der Waals surface area contributed by atoms with Gasteiger partial charge in [-0.25, -0.2) is 0 Å². The summed E-state index contributed by atoms with van der Waals surface area (Å²) in [4.78, 5) is 10.2. The van der Waals surface area contributed by atoms with Crippen LogP contribution in [0.3, 0.4) is 0 Å². The summed E-state index contributed by atoms with van der Waals surface area (Å²) >= 11 is 12.8. The van der Waals surface area contributed by atoms with E-state index in [0.29, 0.717) is 16.1 Å². The Balaban J connectivity index is 1.64. The highest BCUT2D eigenvalue weighted by Gasteiger charge is 2.59. The van der Waals surface area contributed by atoms with Crippen LogP contribution >= 0.6 is 23.2 Å². The van der Waals surface area contributed by atoms with Gasteiger partial charge in [0.1, 0.15) is 0 Å². The summed E-state index contributed by atoms with van der Waals surface area (Å²) in [7, 11) is 1.82. The molecule has 0 saturated heterocycles. The maximum absolute atomic E-state index is 6.52. The topological polar surface area (TPSA) is 34.0 Å². The second-order valence-corrected chi connectivity index (χ2v) is 9.33. The summed E-state index contributed by atoms with van der Waals surface area (Å²) in [6.45, 7) is 2.04. The van der Waals surface area contributed by atoms with Crippen LogP contribution in [0.25, 0.3) is 11.1 Å². The van der Waals surface area contributed by atoms with Gasteiger partial charge in [-0.2, -0.15) is 0 Å². The third-order valence-electron chi connectivity index (χ3n) is 7.02. The number of ether oxygens (including phenoxy) is 1. The van der Waals surface area contributed by atoms with Gasteiger partial charge in [0.05, 0.1) is 21.9 Å². The van der Waals surface area contributed by atoms with Gasteiger partial charge < -0.3 is 4.74 Å². The predicted octanol–water partition coefficient (Wildman–Crippen LogP) is 6.49. The normalized spacial score (nSPS) is 30.2. The van der Waals surface area contributed by atoms with Gasteiger partial charge >= 0.3 is 0 Å². The molecule has 0 N–H and O–H groups in total. The van der Waals surface area contributed by atoms with E-state index in [1.54, 1.807) is 0 Å². The van der Waals surface area contributed by atoms with Crippen LogP contribution < -0.4 is 0 Å². The molecule has 150 valence electrons. The van der Waals surface area contributed by atoms with Gasteiger partial charge in [0.25, 0.3) is 0 Å². The highest BCUT2D eigenvalue weighted by Crippen LogP contribution is 2.61. The summed E-state index contributed by atoms with van der Waals surface area (Å²) in [5.74, 6) is 0. The zero-order chi connectivity index (χ0) is 20.2. The molecule has 2 spiro atoms. The van der Waals surface area contributed by atoms with Crippen LogP contribution in [0.5, 0.6) is 0 Å². The molecule has 1 fully saturated rings. The summed E-state index contributed by atoms with van der Waals surface area (Å²) in [5, 5.41) is 1.16. The molecule has 29 heavy (non-hydrogen) atoms. The van der Waals surface area contributed by atoms with Gasteiger partial charge in [0.15, 0.2) is 5.66 Å². The fourth-order valence-corrected chi connectivity index (χ4v) is 5.92. The van der Waals surface area contributed by atoms with Crippen molar-refractivity contribution >= 4 is 35.1 Å². The number of fused-ring (bicyclic) bond motifs is 3. The van der Waals surface area contributed by atoms with Crippen molar-refractivity contribution in [2.75, 3.05) is 7.11 Å². The zero-order valence-electron chi connectivity index (χ0n) is 16.7. The van der Waals surface area contributed by atoms with Crippen molar-refractivity contribution in [3.05, 3.63) is 57.6 Å². The summed E-state index contributed by atoms with van der Waals surface area (Å²) in [6, 6.07) is 12.4. The first-order valence-electron chi connectivity index (χ1n) is 10.2. The number of rotatable bonds is 2. The Morgan fingerprint density at radius 3 is 2.59 bits per heavy atom. The van der Waals surface area contributed by atoms with Crippen molar-refractivity contribution in [2.24, 2.45) is 15.4 Å². The molecule has 3 nitrogen and oxygen atoms in total. The third kappa shape index (κ3) is 2.82. The van der Waals surface area contributed by atoms with E-state index in [2.05, 4.69) is 18.2 Å². The summed E-state index contributed by atoms with van der Waals surface area (Å²) in [6.07, 6.45) is 7.56. The quantitative estimate of drug-likeness (QED) is 0.539. The average molecular weight is 427 g/mol. The van der Waals surface area contributed by atoms with Gasteiger partial charge in [0.2, 0.25) is 0 Å². The van der Waals surface area contributed by atoms with Crippen LogP contribution in [0.2, 0.25) is 10.0 Å². The zero-order valence-corrected chi connectivity index (χ0v) is 18.2. The molecule has 2 aromatic carbocycles. The molecule has 1 heterocycles. The molecule has 5 rings (SSSR count). The lowest BCUT2D eigenvalue weighted by molar-refractivity contribution is -0.000287. The third-order valence-corrected chi connectivity index (χ3v) is 7.83. The molecule has 1 saturated carbocycles. The standard InChI is InChI=1S/C24H24Cl2N2O/c1-15-14-27-24(28-15)20-12-16(19-4-3-5-21(25)22(19)26)6-7-17(20)13-23(24)10-8-18(29-2)9-11-23/h3-7,12,14,18H,8-11,13H2,1-2H3. The Labute approximate surface area is 181 Å². The lowest BCUT2D eigenvalue weighted by Gasteiger charge is -2.44. The Morgan fingerprint density at radius 1 is 1.10 bits per heavy atom. The number of benzene rings is 2. The van der Waals surface area contributed by atoms with Gasteiger partial charge in [0, 0.05) is 29.9 Å². The molecule has 5 heteroatoms. The fourth-order valence-electron chi connectivity index (χ4n) is 5.51. The summed E-state index contributed by atoms with van der Waals surface area (Å²) < 4.78 is 5.64. The molecular weight excluding hydrogens is 403 g/mol. The Morgan fingerprint density at radius 2 is 1.90 bits per heavy atom. The van der Waals surface area contributed by atoms with Gasteiger partial charge in [-0.3, -0.25) is 9.98 Å². The lowest BCUT2D eigenvalue weighted by Crippen LogP contribution is -2.43. The number of aliphatic imine (C=N–C) groups is 2. The smallest absolute Gasteiger partial charge is 0.182 e. The minimum absolute atomic E-state index is 0.0232. The average Bonchev–Trinajstić information content (AvgIpc) is 3.24. The van der Waals surface area contributed by atoms with Crippen LogP contribution in [-0.2, 0) is 16.8 Å². The Kier molecular flexibility index (Phi) is 4.62. The maximum Gasteiger partial charge on any atom is 0.182 e. The number of nitrogens with zero attached hydrogens (tertiary/aromatic N) is 2. The van der Waals surface area contributed by atoms with E-state index in [0.717, 1.165) is 48.9 Å². The van der Waals surface area contributed by atoms with E-state index in [1.165, 1.54) is 11.1 Å². The number of methoxy groups -OCH3 is 1. The second kappa shape index (κ2) is 6.94. The van der Waals surface area contributed by atoms with E-state index in [-0.39, 0.29) is 5.41 Å². The first-order valence-corrected chi connectivity index (χ1v) is 11.0. The lowest BCUT2D eigenvalue weighted by atomic mass is 9.65. The first kappa shape index (κ1) is 19.3. The number of hydrogen-bond donors (Lipinski definition) is 0. The maximum atomic E-state index is 6.52. The molecule has 0 amide bonds. The molecule has 1 aliphatic heterocycles. The van der Waals surface area contributed by atoms with Gasteiger partial charge in [-0.1, -0.05) is 47.5 Å². The first-order chi connectivity index (χ1) is 14.0. The SMILES string of the molecule is COC1CCC2(CC1)Cc1ccc(-c3cccc(Cl)c3Cl)cc1C21N=CC(C)=N1. The number of hydrogen-bond acceptors (Lipinski definition) is 3. The van der Waals surface area contributed by atoms with Crippen LogP contribution in [0, 0.1) is 5.41 Å². The van der Waals surface area contributed by atoms with Crippen LogP contribution in [-0.4, -0.2) is 25.1 Å². The minimum atomic E-state index is -0.522. The molecule has 3 aliphatic rings. The molecular formula is C24H24Cl2N2O. The fraction of sp³-hybridized carbons (Fsp3) is 0.417. The molecule has 0 bridgehead atoms. The minimum Gasteiger partial charge on any atom is -0.381 e. The van der Waals surface area contributed by atoms with Crippen molar-refractivity contribution in [1.29, 1.82) is 0 Å². The molecule has 1 unspecified atom stereocenters. The van der Waals surface area contributed by atoms with Crippen LogP contribution in [0.1, 0.15) is 43.7 Å². The van der Waals surface area contributed by atoms with E-state index in [9.17, 15) is 0 Å². The Hall–Kier alpha value is -1.68. The van der Waals surface area contributed by atoms with Gasteiger partial charge in [-0.05, 0) is 62.3 Å². The molecule has 0 radical (unpaired) electrons. The van der Waals surface area contributed by atoms with Crippen LogP contribution in [0.15, 0.2) is 46.4 Å². The molecule has 2 aliphatic carbocycles. The van der Waals surface area contributed by atoms with Crippen molar-refractivity contribution in [2.45, 2.75) is 50.8 Å². The predicted molar refractivity (Wildman–Crippen MR) is 121 cm³/mol. The van der Waals surface area contributed by atoms with Crippen molar-refractivity contribution < 1.29 is 4.74 Å². The van der Waals surface area contributed by atoms with Crippen LogP contribution in [0.4, 0.5) is 0 Å². The van der Waals surface area contributed by atoms with Crippen molar-refractivity contribution in [3.63, 3.8) is 0 Å². The second-order valence-electron chi connectivity index (χ2n) is 8.55. The number of halogens is 2. The molecule has 0 aromatic heterocycles. The van der Waals surface area contributed by atoms with Gasteiger partial charge in [-0.15, -0.1) is 0 Å².